The van der Waals surface area contributed by atoms with Gasteiger partial charge in [0.25, 0.3) is 5.91 Å². The number of aliphatic carboxylic acids is 1. The van der Waals surface area contributed by atoms with Crippen LogP contribution in [0.4, 0.5) is 0 Å². The van der Waals surface area contributed by atoms with Gasteiger partial charge in [-0.25, -0.2) is 0 Å². The summed E-state index contributed by atoms with van der Waals surface area (Å²) >= 11 is 0. The van der Waals surface area contributed by atoms with Gasteiger partial charge in [-0.1, -0.05) is 18.2 Å². The summed E-state index contributed by atoms with van der Waals surface area (Å²) in [6.07, 6.45) is -0.130. The third-order valence-corrected chi connectivity index (χ3v) is 3.84. The quantitative estimate of drug-likeness (QED) is 0.887. The standard InChI is InChI=1S/C15H17NO5/c17-14(18)8-11-9-20-6-5-16(11)15(19)13-7-10-3-1-2-4-12(10)21-13/h1-4,11,13H,5-9H2,(H,17,18). The lowest BCUT2D eigenvalue weighted by Gasteiger charge is -2.36. The van der Waals surface area contributed by atoms with E-state index in [9.17, 15) is 9.59 Å². The molecule has 2 atom stereocenters. The van der Waals surface area contributed by atoms with E-state index >= 15 is 0 Å². The lowest BCUT2D eigenvalue weighted by atomic mass is 10.1. The summed E-state index contributed by atoms with van der Waals surface area (Å²) in [6, 6.07) is 7.15. The number of rotatable bonds is 3. The molecule has 1 N–H and O–H groups in total. The number of morpholine rings is 1. The zero-order valence-corrected chi connectivity index (χ0v) is 11.5. The molecule has 0 aromatic heterocycles. The predicted molar refractivity (Wildman–Crippen MR) is 73.1 cm³/mol. The first-order chi connectivity index (χ1) is 10.1. The van der Waals surface area contributed by atoms with Crippen LogP contribution in [-0.2, 0) is 20.7 Å². The number of carboxylic acid groups (broad SMARTS) is 1. The van der Waals surface area contributed by atoms with E-state index < -0.39 is 18.1 Å². The normalized spacial score (nSPS) is 24.3. The number of hydrogen-bond donors (Lipinski definition) is 1. The van der Waals surface area contributed by atoms with Crippen molar-refractivity contribution in [2.75, 3.05) is 19.8 Å². The van der Waals surface area contributed by atoms with Crippen LogP contribution in [0.1, 0.15) is 12.0 Å². The van der Waals surface area contributed by atoms with Crippen molar-refractivity contribution in [2.45, 2.75) is 25.0 Å². The first kappa shape index (κ1) is 13.9. The van der Waals surface area contributed by atoms with E-state index in [-0.39, 0.29) is 18.9 Å². The van der Waals surface area contributed by atoms with E-state index in [1.54, 1.807) is 4.90 Å². The second kappa shape index (κ2) is 5.73. The third kappa shape index (κ3) is 2.85. The minimum absolute atomic E-state index is 0.106. The van der Waals surface area contributed by atoms with Crippen LogP contribution < -0.4 is 4.74 Å². The number of benzene rings is 1. The van der Waals surface area contributed by atoms with Crippen molar-refractivity contribution in [2.24, 2.45) is 0 Å². The molecule has 6 heteroatoms. The van der Waals surface area contributed by atoms with E-state index in [1.807, 2.05) is 24.3 Å². The molecule has 3 rings (SSSR count). The van der Waals surface area contributed by atoms with Gasteiger partial charge in [0.05, 0.1) is 25.7 Å². The van der Waals surface area contributed by atoms with Gasteiger partial charge in [0.1, 0.15) is 5.75 Å². The van der Waals surface area contributed by atoms with Crippen LogP contribution in [0.15, 0.2) is 24.3 Å². The van der Waals surface area contributed by atoms with Crippen LogP contribution >= 0.6 is 0 Å². The molecule has 0 aliphatic carbocycles. The average Bonchev–Trinajstić information content (AvgIpc) is 2.90. The van der Waals surface area contributed by atoms with E-state index in [4.69, 9.17) is 14.6 Å². The number of amides is 1. The summed E-state index contributed by atoms with van der Waals surface area (Å²) < 4.78 is 11.0. The van der Waals surface area contributed by atoms with Crippen molar-refractivity contribution in [3.63, 3.8) is 0 Å². The van der Waals surface area contributed by atoms with E-state index in [2.05, 4.69) is 0 Å². The molecule has 1 amide bonds. The molecule has 2 aliphatic heterocycles. The summed E-state index contributed by atoms with van der Waals surface area (Å²) in [4.78, 5) is 25.1. The van der Waals surface area contributed by atoms with Crippen LogP contribution in [-0.4, -0.2) is 53.8 Å². The molecule has 1 saturated heterocycles. The van der Waals surface area contributed by atoms with Crippen molar-refractivity contribution in [3.05, 3.63) is 29.8 Å². The molecule has 0 radical (unpaired) electrons. The Morgan fingerprint density at radius 3 is 2.90 bits per heavy atom. The fraction of sp³-hybridized carbons (Fsp3) is 0.467. The number of para-hydroxylation sites is 1. The maximum Gasteiger partial charge on any atom is 0.305 e. The zero-order chi connectivity index (χ0) is 14.8. The molecule has 112 valence electrons. The number of ether oxygens (including phenoxy) is 2. The summed E-state index contributed by atoms with van der Waals surface area (Å²) in [5.74, 6) is -0.349. The van der Waals surface area contributed by atoms with Gasteiger partial charge in [-0.3, -0.25) is 9.59 Å². The Hall–Kier alpha value is -2.08. The molecular weight excluding hydrogens is 274 g/mol. The number of hydrogen-bond acceptors (Lipinski definition) is 4. The Labute approximate surface area is 122 Å². The molecule has 1 aromatic rings. The van der Waals surface area contributed by atoms with Crippen LogP contribution in [0.3, 0.4) is 0 Å². The SMILES string of the molecule is O=C(O)CC1COCCN1C(=O)C1Cc2ccccc2O1. The summed E-state index contributed by atoms with van der Waals surface area (Å²) in [6.45, 7) is 1.10. The lowest BCUT2D eigenvalue weighted by molar-refractivity contribution is -0.150. The molecular formula is C15H17NO5. The highest BCUT2D eigenvalue weighted by Gasteiger charge is 2.37. The Kier molecular flexibility index (Phi) is 3.79. The van der Waals surface area contributed by atoms with Crippen LogP contribution in [0, 0.1) is 0 Å². The van der Waals surface area contributed by atoms with Crippen molar-refractivity contribution in [1.82, 2.24) is 4.90 Å². The Balaban J connectivity index is 1.71. The maximum absolute atomic E-state index is 12.6. The zero-order valence-electron chi connectivity index (χ0n) is 11.5. The van der Waals surface area contributed by atoms with E-state index in [0.29, 0.717) is 19.6 Å². The topological polar surface area (TPSA) is 76.1 Å². The van der Waals surface area contributed by atoms with Gasteiger partial charge in [-0.15, -0.1) is 0 Å². The fourth-order valence-electron chi connectivity index (χ4n) is 2.82. The Bertz CT molecular complexity index is 534. The second-order valence-corrected chi connectivity index (χ2v) is 5.28. The van der Waals surface area contributed by atoms with Gasteiger partial charge in [-0.2, -0.15) is 0 Å². The van der Waals surface area contributed by atoms with Gasteiger partial charge >= 0.3 is 5.97 Å². The number of carbonyl (C=O) groups is 2. The maximum atomic E-state index is 12.6. The highest BCUT2D eigenvalue weighted by Crippen LogP contribution is 2.29. The number of nitrogens with zero attached hydrogens (tertiary/aromatic N) is 1. The lowest BCUT2D eigenvalue weighted by Crippen LogP contribution is -2.53. The van der Waals surface area contributed by atoms with E-state index in [1.165, 1.54) is 0 Å². The minimum Gasteiger partial charge on any atom is -0.481 e. The molecule has 2 heterocycles. The first-order valence-electron chi connectivity index (χ1n) is 6.99. The first-order valence-corrected chi connectivity index (χ1v) is 6.99. The molecule has 21 heavy (non-hydrogen) atoms. The van der Waals surface area contributed by atoms with E-state index in [0.717, 1.165) is 11.3 Å². The van der Waals surface area contributed by atoms with Crippen molar-refractivity contribution >= 4 is 11.9 Å². The van der Waals surface area contributed by atoms with Gasteiger partial charge < -0.3 is 19.5 Å². The van der Waals surface area contributed by atoms with Gasteiger partial charge in [-0.05, 0) is 11.6 Å². The molecule has 6 nitrogen and oxygen atoms in total. The van der Waals surface area contributed by atoms with Crippen LogP contribution in [0.2, 0.25) is 0 Å². The van der Waals surface area contributed by atoms with Gasteiger partial charge in [0, 0.05) is 13.0 Å². The monoisotopic (exact) mass is 291 g/mol. The number of carbonyl (C=O) groups excluding carboxylic acids is 1. The van der Waals surface area contributed by atoms with Crippen molar-refractivity contribution < 1.29 is 24.2 Å². The molecule has 0 bridgehead atoms. The molecule has 1 aromatic carbocycles. The van der Waals surface area contributed by atoms with Crippen molar-refractivity contribution in [3.8, 4) is 5.75 Å². The summed E-state index contributed by atoms with van der Waals surface area (Å²) in [5, 5.41) is 8.95. The predicted octanol–water partition coefficient (Wildman–Crippen LogP) is 0.692. The molecule has 1 fully saturated rings. The number of fused-ring (bicyclic) bond motifs is 1. The Morgan fingerprint density at radius 1 is 1.33 bits per heavy atom. The average molecular weight is 291 g/mol. The van der Waals surface area contributed by atoms with Crippen LogP contribution in [0.5, 0.6) is 5.75 Å². The molecule has 2 unspecified atom stereocenters. The third-order valence-electron chi connectivity index (χ3n) is 3.84. The van der Waals surface area contributed by atoms with Gasteiger partial charge in [0.2, 0.25) is 0 Å². The summed E-state index contributed by atoms with van der Waals surface area (Å²) in [5.41, 5.74) is 1.01. The Morgan fingerprint density at radius 2 is 2.14 bits per heavy atom. The largest absolute Gasteiger partial charge is 0.481 e. The second-order valence-electron chi connectivity index (χ2n) is 5.28. The minimum atomic E-state index is -0.932. The van der Waals surface area contributed by atoms with Gasteiger partial charge in [0.15, 0.2) is 6.10 Å². The fourth-order valence-corrected chi connectivity index (χ4v) is 2.82. The summed E-state index contributed by atoms with van der Waals surface area (Å²) in [7, 11) is 0. The highest BCUT2D eigenvalue weighted by atomic mass is 16.5. The highest BCUT2D eigenvalue weighted by molar-refractivity contribution is 5.83. The van der Waals surface area contributed by atoms with Crippen molar-refractivity contribution in [1.29, 1.82) is 0 Å². The molecule has 2 aliphatic rings. The number of carboxylic acids is 1. The molecule has 0 spiro atoms. The van der Waals surface area contributed by atoms with Crippen LogP contribution in [0.25, 0.3) is 0 Å². The smallest absolute Gasteiger partial charge is 0.305 e. The molecule has 0 saturated carbocycles.